The first-order valence-corrected chi connectivity index (χ1v) is 8.95. The van der Waals surface area contributed by atoms with E-state index >= 15 is 0 Å². The Morgan fingerprint density at radius 2 is 1.58 bits per heavy atom. The average Bonchev–Trinajstić information content (AvgIpc) is 3.16. The van der Waals surface area contributed by atoms with Gasteiger partial charge in [-0.05, 0) is 41.6 Å². The topological polar surface area (TPSA) is 44.8 Å². The van der Waals surface area contributed by atoms with Crippen molar-refractivity contribution in [1.82, 2.24) is 0 Å². The van der Waals surface area contributed by atoms with Gasteiger partial charge in [-0.25, -0.2) is 0 Å². The number of hydrogen-bond donors (Lipinski definition) is 0. The van der Waals surface area contributed by atoms with Gasteiger partial charge in [-0.1, -0.05) is 29.8 Å². The van der Waals surface area contributed by atoms with E-state index in [4.69, 9.17) is 14.2 Å². The van der Waals surface area contributed by atoms with E-state index < -0.39 is 0 Å². The fourth-order valence-corrected chi connectivity index (χ4v) is 3.66. The van der Waals surface area contributed by atoms with Gasteiger partial charge in [0.25, 0.3) is 0 Å². The predicted molar refractivity (Wildman–Crippen MR) is 104 cm³/mol. The summed E-state index contributed by atoms with van der Waals surface area (Å²) in [4.78, 5) is 13.6. The summed E-state index contributed by atoms with van der Waals surface area (Å²) < 4.78 is 16.0. The van der Waals surface area contributed by atoms with Gasteiger partial charge in [0.05, 0.1) is 26.2 Å². The van der Waals surface area contributed by atoms with Crippen molar-refractivity contribution in [2.75, 3.05) is 21.3 Å². The minimum absolute atomic E-state index is 0.0758. The van der Waals surface area contributed by atoms with Crippen LogP contribution >= 0.6 is 11.3 Å². The van der Waals surface area contributed by atoms with Crippen molar-refractivity contribution in [3.05, 3.63) is 63.8 Å². The van der Waals surface area contributed by atoms with E-state index in [0.717, 1.165) is 11.1 Å². The van der Waals surface area contributed by atoms with E-state index in [9.17, 15) is 4.79 Å². The molecule has 0 saturated heterocycles. The third-order valence-corrected chi connectivity index (χ3v) is 5.03. The lowest BCUT2D eigenvalue weighted by molar-refractivity contribution is 0.104. The highest BCUT2D eigenvalue weighted by molar-refractivity contribution is 7.12. The van der Waals surface area contributed by atoms with Crippen molar-refractivity contribution >= 4 is 17.1 Å². The number of carbonyl (C=O) groups is 1. The van der Waals surface area contributed by atoms with E-state index in [1.165, 1.54) is 38.2 Å². The van der Waals surface area contributed by atoms with E-state index in [0.29, 0.717) is 27.7 Å². The van der Waals surface area contributed by atoms with Gasteiger partial charge >= 0.3 is 0 Å². The molecule has 1 aromatic heterocycles. The number of methoxy groups -OCH3 is 3. The largest absolute Gasteiger partial charge is 0.493 e. The molecule has 0 radical (unpaired) electrons. The van der Waals surface area contributed by atoms with Crippen LogP contribution < -0.4 is 14.2 Å². The number of benzene rings is 2. The molecule has 0 aliphatic carbocycles. The Labute approximate surface area is 157 Å². The van der Waals surface area contributed by atoms with Crippen LogP contribution in [0.4, 0.5) is 0 Å². The van der Waals surface area contributed by atoms with Crippen molar-refractivity contribution in [3.63, 3.8) is 0 Å². The van der Waals surface area contributed by atoms with Crippen molar-refractivity contribution in [1.29, 1.82) is 0 Å². The molecular formula is C21H20O4S. The van der Waals surface area contributed by atoms with Crippen LogP contribution in [0.1, 0.15) is 20.8 Å². The highest BCUT2D eigenvalue weighted by Crippen LogP contribution is 2.39. The van der Waals surface area contributed by atoms with E-state index in [1.807, 2.05) is 23.6 Å². The Hall–Kier alpha value is -2.79. The van der Waals surface area contributed by atoms with Gasteiger partial charge in [0, 0.05) is 5.56 Å². The minimum Gasteiger partial charge on any atom is -0.493 e. The molecule has 5 heteroatoms. The number of ether oxygens (including phenoxy) is 3. The highest BCUT2D eigenvalue weighted by Gasteiger charge is 2.19. The fraction of sp³-hybridized carbons (Fsp3) is 0.190. The molecule has 0 saturated carbocycles. The van der Waals surface area contributed by atoms with Gasteiger partial charge in [-0.15, -0.1) is 11.3 Å². The summed E-state index contributed by atoms with van der Waals surface area (Å²) in [5, 5.41) is 2.00. The van der Waals surface area contributed by atoms with Crippen molar-refractivity contribution < 1.29 is 19.0 Å². The summed E-state index contributed by atoms with van der Waals surface area (Å²) in [5.41, 5.74) is 3.82. The first-order chi connectivity index (χ1) is 12.6. The number of thiophene rings is 1. The summed E-state index contributed by atoms with van der Waals surface area (Å²) in [6, 6.07) is 13.5. The molecule has 0 spiro atoms. The molecule has 0 amide bonds. The molecule has 0 atom stereocenters. The smallest absolute Gasteiger partial charge is 0.203 e. The zero-order valence-corrected chi connectivity index (χ0v) is 16.0. The summed E-state index contributed by atoms with van der Waals surface area (Å²) in [5.74, 6) is 1.32. The maximum absolute atomic E-state index is 13.0. The second kappa shape index (κ2) is 7.62. The molecule has 2 aromatic carbocycles. The maximum atomic E-state index is 13.0. The second-order valence-corrected chi connectivity index (χ2v) is 6.72. The SMILES string of the molecule is COc1cc(C(=O)c2cc(-c3cccc(C)c3)cs2)cc(OC)c1OC. The standard InChI is InChI=1S/C21H20O4S/c1-13-6-5-7-14(8-13)16-11-19(26-12-16)20(22)15-9-17(23-2)21(25-4)18(10-15)24-3/h5-12H,1-4H3. The third kappa shape index (κ3) is 3.44. The molecule has 1 heterocycles. The normalized spacial score (nSPS) is 10.5. The molecule has 0 unspecified atom stereocenters. The summed E-state index contributed by atoms with van der Waals surface area (Å²) in [7, 11) is 4.61. The Morgan fingerprint density at radius 1 is 0.885 bits per heavy atom. The summed E-state index contributed by atoms with van der Waals surface area (Å²) in [6.45, 7) is 2.05. The monoisotopic (exact) mass is 368 g/mol. The average molecular weight is 368 g/mol. The van der Waals surface area contributed by atoms with E-state index in [1.54, 1.807) is 12.1 Å². The third-order valence-electron chi connectivity index (χ3n) is 4.10. The quantitative estimate of drug-likeness (QED) is 0.576. The van der Waals surface area contributed by atoms with Crippen LogP contribution in [0.2, 0.25) is 0 Å². The van der Waals surface area contributed by atoms with Gasteiger partial charge in [-0.2, -0.15) is 0 Å². The molecule has 3 aromatic rings. The molecule has 3 rings (SSSR count). The zero-order chi connectivity index (χ0) is 18.7. The lowest BCUT2D eigenvalue weighted by atomic mass is 10.0. The lowest BCUT2D eigenvalue weighted by Gasteiger charge is -2.13. The van der Waals surface area contributed by atoms with Gasteiger partial charge in [-0.3, -0.25) is 4.79 Å². The molecule has 0 fully saturated rings. The van der Waals surface area contributed by atoms with Gasteiger partial charge in [0.1, 0.15) is 0 Å². The molecule has 0 N–H and O–H groups in total. The van der Waals surface area contributed by atoms with Gasteiger partial charge in [0.15, 0.2) is 11.5 Å². The summed E-state index contributed by atoms with van der Waals surface area (Å²) >= 11 is 1.43. The highest BCUT2D eigenvalue weighted by atomic mass is 32.1. The molecule has 0 bridgehead atoms. The van der Waals surface area contributed by atoms with Crippen LogP contribution in [0, 0.1) is 6.92 Å². The lowest BCUT2D eigenvalue weighted by Crippen LogP contribution is -2.02. The van der Waals surface area contributed by atoms with Crippen molar-refractivity contribution in [2.45, 2.75) is 6.92 Å². The predicted octanol–water partition coefficient (Wildman–Crippen LogP) is 4.98. The van der Waals surface area contributed by atoms with Gasteiger partial charge in [0.2, 0.25) is 11.5 Å². The Bertz CT molecular complexity index is 918. The maximum Gasteiger partial charge on any atom is 0.203 e. The van der Waals surface area contributed by atoms with Crippen LogP contribution in [0.25, 0.3) is 11.1 Å². The number of rotatable bonds is 6. The fourth-order valence-electron chi connectivity index (χ4n) is 2.79. The van der Waals surface area contributed by atoms with Crippen LogP contribution in [0.3, 0.4) is 0 Å². The van der Waals surface area contributed by atoms with E-state index in [2.05, 4.69) is 19.1 Å². The molecule has 0 aliphatic rings. The molecule has 26 heavy (non-hydrogen) atoms. The van der Waals surface area contributed by atoms with Crippen LogP contribution in [0.5, 0.6) is 17.2 Å². The Morgan fingerprint density at radius 3 is 2.15 bits per heavy atom. The number of ketones is 1. The van der Waals surface area contributed by atoms with E-state index in [-0.39, 0.29) is 5.78 Å². The Balaban J connectivity index is 1.98. The number of carbonyl (C=O) groups excluding carboxylic acids is 1. The zero-order valence-electron chi connectivity index (χ0n) is 15.2. The van der Waals surface area contributed by atoms with Crippen molar-refractivity contribution in [2.24, 2.45) is 0 Å². The first-order valence-electron chi connectivity index (χ1n) is 8.07. The molecule has 0 aliphatic heterocycles. The summed E-state index contributed by atoms with van der Waals surface area (Å²) in [6.07, 6.45) is 0. The van der Waals surface area contributed by atoms with Crippen LogP contribution in [0.15, 0.2) is 47.8 Å². The first kappa shape index (κ1) is 18.0. The molecule has 134 valence electrons. The Kier molecular flexibility index (Phi) is 5.28. The number of hydrogen-bond acceptors (Lipinski definition) is 5. The van der Waals surface area contributed by atoms with Crippen LogP contribution in [-0.4, -0.2) is 27.1 Å². The molecular weight excluding hydrogens is 348 g/mol. The minimum atomic E-state index is -0.0758. The van der Waals surface area contributed by atoms with Gasteiger partial charge < -0.3 is 14.2 Å². The number of aryl methyl sites for hydroxylation is 1. The second-order valence-electron chi connectivity index (χ2n) is 5.81. The van der Waals surface area contributed by atoms with Crippen LogP contribution in [-0.2, 0) is 0 Å². The molecule has 4 nitrogen and oxygen atoms in total. The van der Waals surface area contributed by atoms with Crippen molar-refractivity contribution in [3.8, 4) is 28.4 Å².